The van der Waals surface area contributed by atoms with Gasteiger partial charge in [-0.2, -0.15) is 0 Å². The van der Waals surface area contributed by atoms with Crippen LogP contribution in [0, 0.1) is 5.82 Å². The summed E-state index contributed by atoms with van der Waals surface area (Å²) in [6, 6.07) is 13.3. The SMILES string of the molecule is CCOC(=O)N1CC[C@@H](NS(C)(=O)=O)[C@H]1Cc1cccc(-c2ccccc2)c1F. The fraction of sp³-hybridized carbons (Fsp3) is 0.381. The van der Waals surface area contributed by atoms with Crippen molar-refractivity contribution in [3.8, 4) is 11.1 Å². The third-order valence-electron chi connectivity index (χ3n) is 5.01. The normalized spacial score (nSPS) is 19.3. The Morgan fingerprint density at radius 1 is 1.21 bits per heavy atom. The molecule has 29 heavy (non-hydrogen) atoms. The first-order valence-electron chi connectivity index (χ1n) is 9.53. The Bertz CT molecular complexity index is 966. The summed E-state index contributed by atoms with van der Waals surface area (Å²) in [6.07, 6.45) is 1.18. The van der Waals surface area contributed by atoms with Gasteiger partial charge in [0.25, 0.3) is 0 Å². The van der Waals surface area contributed by atoms with Gasteiger partial charge >= 0.3 is 6.09 Å². The van der Waals surface area contributed by atoms with Gasteiger partial charge in [-0.25, -0.2) is 22.3 Å². The van der Waals surface area contributed by atoms with Crippen molar-refractivity contribution in [2.45, 2.75) is 31.8 Å². The summed E-state index contributed by atoms with van der Waals surface area (Å²) < 4.78 is 46.5. The number of nitrogens with one attached hydrogen (secondary N) is 1. The lowest BCUT2D eigenvalue weighted by Gasteiger charge is -2.28. The van der Waals surface area contributed by atoms with Crippen LogP contribution in [0.5, 0.6) is 0 Å². The molecule has 1 aliphatic heterocycles. The molecule has 6 nitrogen and oxygen atoms in total. The van der Waals surface area contributed by atoms with Crippen LogP contribution in [-0.4, -0.2) is 50.9 Å². The first kappa shape index (κ1) is 21.3. The van der Waals surface area contributed by atoms with E-state index in [2.05, 4.69) is 4.72 Å². The molecule has 0 radical (unpaired) electrons. The number of rotatable bonds is 6. The Balaban J connectivity index is 1.92. The van der Waals surface area contributed by atoms with Crippen molar-refractivity contribution >= 4 is 16.1 Å². The number of likely N-dealkylation sites (tertiary alicyclic amines) is 1. The van der Waals surface area contributed by atoms with Gasteiger partial charge in [-0.3, -0.25) is 0 Å². The van der Waals surface area contributed by atoms with Crippen molar-refractivity contribution in [2.24, 2.45) is 0 Å². The van der Waals surface area contributed by atoms with Crippen LogP contribution in [0.2, 0.25) is 0 Å². The number of nitrogens with zero attached hydrogens (tertiary/aromatic N) is 1. The molecular weight excluding hydrogens is 395 g/mol. The van der Waals surface area contributed by atoms with E-state index in [9.17, 15) is 13.2 Å². The standard InChI is InChI=1S/C21H25FN2O4S/c1-3-28-21(25)24-13-12-18(23-29(2,26)27)19(24)14-16-10-7-11-17(20(16)22)15-8-5-4-6-9-15/h4-11,18-19,23H,3,12-14H2,1-2H3/t18-,19-/m1/s1. The Kier molecular flexibility index (Phi) is 6.54. The molecule has 0 bridgehead atoms. The maximum absolute atomic E-state index is 15.3. The molecule has 3 rings (SSSR count). The summed E-state index contributed by atoms with van der Waals surface area (Å²) >= 11 is 0. The highest BCUT2D eigenvalue weighted by Gasteiger charge is 2.39. The summed E-state index contributed by atoms with van der Waals surface area (Å²) in [7, 11) is -3.48. The van der Waals surface area contributed by atoms with E-state index >= 15 is 4.39 Å². The minimum atomic E-state index is -3.48. The van der Waals surface area contributed by atoms with Crippen LogP contribution in [0.4, 0.5) is 9.18 Å². The average Bonchev–Trinajstić information content (AvgIpc) is 3.05. The highest BCUT2D eigenvalue weighted by Crippen LogP contribution is 2.29. The van der Waals surface area contributed by atoms with Gasteiger partial charge in [0.05, 0.1) is 18.9 Å². The molecule has 1 amide bonds. The molecule has 0 aliphatic carbocycles. The monoisotopic (exact) mass is 420 g/mol. The quantitative estimate of drug-likeness (QED) is 0.779. The molecule has 8 heteroatoms. The lowest BCUT2D eigenvalue weighted by molar-refractivity contribution is 0.101. The fourth-order valence-electron chi connectivity index (χ4n) is 3.75. The zero-order chi connectivity index (χ0) is 21.0. The van der Waals surface area contributed by atoms with Gasteiger partial charge in [0, 0.05) is 18.2 Å². The van der Waals surface area contributed by atoms with Crippen LogP contribution in [0.15, 0.2) is 48.5 Å². The molecular formula is C21H25FN2O4S. The fourth-order valence-corrected chi connectivity index (χ4v) is 4.58. The Labute approximate surface area is 170 Å². The first-order valence-corrected chi connectivity index (χ1v) is 11.4. The average molecular weight is 421 g/mol. The number of halogens is 1. The number of amides is 1. The summed E-state index contributed by atoms with van der Waals surface area (Å²) in [5.74, 6) is -0.368. The lowest BCUT2D eigenvalue weighted by atomic mass is 9.96. The third-order valence-corrected chi connectivity index (χ3v) is 5.74. The van der Waals surface area contributed by atoms with Gasteiger partial charge in [0.2, 0.25) is 10.0 Å². The minimum absolute atomic E-state index is 0.179. The van der Waals surface area contributed by atoms with Gasteiger partial charge in [-0.05, 0) is 30.9 Å². The minimum Gasteiger partial charge on any atom is -0.450 e. The van der Waals surface area contributed by atoms with E-state index < -0.39 is 28.2 Å². The van der Waals surface area contributed by atoms with Crippen molar-refractivity contribution in [2.75, 3.05) is 19.4 Å². The van der Waals surface area contributed by atoms with Crippen molar-refractivity contribution in [1.29, 1.82) is 0 Å². The van der Waals surface area contributed by atoms with Crippen LogP contribution in [0.25, 0.3) is 11.1 Å². The van der Waals surface area contributed by atoms with Crippen molar-refractivity contribution < 1.29 is 22.3 Å². The number of ether oxygens (including phenoxy) is 1. The number of hydrogen-bond donors (Lipinski definition) is 1. The summed E-state index contributed by atoms with van der Waals surface area (Å²) in [5, 5.41) is 0. The smallest absolute Gasteiger partial charge is 0.410 e. The van der Waals surface area contributed by atoms with Crippen molar-refractivity contribution in [1.82, 2.24) is 9.62 Å². The number of benzene rings is 2. The predicted molar refractivity (Wildman–Crippen MR) is 109 cm³/mol. The lowest BCUT2D eigenvalue weighted by Crippen LogP contribution is -2.47. The van der Waals surface area contributed by atoms with Crippen LogP contribution in [0.1, 0.15) is 18.9 Å². The van der Waals surface area contributed by atoms with E-state index in [0.717, 1.165) is 11.8 Å². The van der Waals surface area contributed by atoms with Gasteiger partial charge in [-0.15, -0.1) is 0 Å². The molecule has 156 valence electrons. The zero-order valence-corrected chi connectivity index (χ0v) is 17.3. The van der Waals surface area contributed by atoms with Gasteiger partial charge < -0.3 is 9.64 Å². The number of carbonyl (C=O) groups is 1. The van der Waals surface area contributed by atoms with Crippen molar-refractivity contribution in [3.63, 3.8) is 0 Å². The number of carbonyl (C=O) groups excluding carboxylic acids is 1. The molecule has 1 saturated heterocycles. The highest BCUT2D eigenvalue weighted by atomic mass is 32.2. The van der Waals surface area contributed by atoms with Crippen molar-refractivity contribution in [3.05, 3.63) is 59.9 Å². The second kappa shape index (κ2) is 8.92. The summed E-state index contributed by atoms with van der Waals surface area (Å²) in [4.78, 5) is 13.9. The van der Waals surface area contributed by atoms with E-state index in [1.807, 2.05) is 30.3 Å². The molecule has 0 spiro atoms. The molecule has 1 N–H and O–H groups in total. The molecule has 1 heterocycles. The first-order chi connectivity index (χ1) is 13.8. The van der Waals surface area contributed by atoms with E-state index in [0.29, 0.717) is 24.1 Å². The molecule has 0 saturated carbocycles. The largest absolute Gasteiger partial charge is 0.450 e. The van der Waals surface area contributed by atoms with E-state index in [4.69, 9.17) is 4.74 Å². The maximum Gasteiger partial charge on any atom is 0.410 e. The Hall–Kier alpha value is -2.45. The van der Waals surface area contributed by atoms with Gasteiger partial charge in [-0.1, -0.05) is 48.5 Å². The maximum atomic E-state index is 15.3. The second-order valence-electron chi connectivity index (χ2n) is 7.09. The van der Waals surface area contributed by atoms with Crippen LogP contribution in [0.3, 0.4) is 0 Å². The highest BCUT2D eigenvalue weighted by molar-refractivity contribution is 7.88. The van der Waals surface area contributed by atoms with E-state index in [1.54, 1.807) is 25.1 Å². The van der Waals surface area contributed by atoms with Crippen LogP contribution in [-0.2, 0) is 21.2 Å². The molecule has 2 atom stereocenters. The summed E-state index contributed by atoms with van der Waals surface area (Å²) in [5.41, 5.74) is 1.65. The molecule has 0 unspecified atom stereocenters. The Morgan fingerprint density at radius 2 is 1.93 bits per heavy atom. The molecule has 2 aromatic rings. The van der Waals surface area contributed by atoms with E-state index in [1.165, 1.54) is 4.90 Å². The van der Waals surface area contributed by atoms with Crippen LogP contribution < -0.4 is 4.72 Å². The molecule has 0 aromatic heterocycles. The Morgan fingerprint density at radius 3 is 2.59 bits per heavy atom. The molecule has 1 fully saturated rings. The molecule has 2 aromatic carbocycles. The second-order valence-corrected chi connectivity index (χ2v) is 8.87. The van der Waals surface area contributed by atoms with Gasteiger partial charge in [0.15, 0.2) is 0 Å². The zero-order valence-electron chi connectivity index (χ0n) is 16.5. The van der Waals surface area contributed by atoms with Gasteiger partial charge in [0.1, 0.15) is 5.82 Å². The number of sulfonamides is 1. The molecule has 1 aliphatic rings. The van der Waals surface area contributed by atoms with Crippen LogP contribution >= 0.6 is 0 Å². The third kappa shape index (κ3) is 5.13. The number of hydrogen-bond acceptors (Lipinski definition) is 4. The predicted octanol–water partition coefficient (Wildman–Crippen LogP) is 3.18. The topological polar surface area (TPSA) is 75.7 Å². The van der Waals surface area contributed by atoms with E-state index in [-0.39, 0.29) is 18.8 Å². The summed E-state index contributed by atoms with van der Waals surface area (Å²) in [6.45, 7) is 2.26.